The molecule has 0 bridgehead atoms. The standard InChI is InChI=1S/C19H28N6O4/c26-17(4-3-13-5-7-20-8-6-13)25-9-1-2-14(12-25)18(27)21-10-15(19(28)29)16-11-22-24-23-16/h3-4,11,13-15,20H,1-2,5-10,12H2,(H,21,27)(H,28,29)(H,22,23,24)/b4-3+/t14-,15+/m1/s1. The van der Waals surface area contributed by atoms with Gasteiger partial charge < -0.3 is 20.6 Å². The molecule has 0 radical (unpaired) electrons. The number of hydrogen-bond acceptors (Lipinski definition) is 6. The number of piperidine rings is 2. The van der Waals surface area contributed by atoms with Crippen LogP contribution in [-0.4, -0.2) is 75.9 Å². The monoisotopic (exact) mass is 404 g/mol. The van der Waals surface area contributed by atoms with Crippen LogP contribution in [0.25, 0.3) is 0 Å². The van der Waals surface area contributed by atoms with E-state index in [9.17, 15) is 19.5 Å². The Hall–Kier alpha value is -2.75. The molecule has 4 N–H and O–H groups in total. The minimum atomic E-state index is -1.08. The normalized spacial score (nSPS) is 21.8. The van der Waals surface area contributed by atoms with E-state index in [4.69, 9.17) is 0 Å². The zero-order valence-corrected chi connectivity index (χ0v) is 16.3. The van der Waals surface area contributed by atoms with Crippen LogP contribution in [0.3, 0.4) is 0 Å². The van der Waals surface area contributed by atoms with Crippen molar-refractivity contribution in [2.24, 2.45) is 11.8 Å². The van der Waals surface area contributed by atoms with Gasteiger partial charge in [-0.2, -0.15) is 15.4 Å². The maximum Gasteiger partial charge on any atom is 0.314 e. The molecule has 2 fully saturated rings. The quantitative estimate of drug-likeness (QED) is 0.465. The smallest absolute Gasteiger partial charge is 0.314 e. The number of carbonyl (C=O) groups is 3. The Morgan fingerprint density at radius 3 is 2.79 bits per heavy atom. The summed E-state index contributed by atoms with van der Waals surface area (Å²) in [4.78, 5) is 38.2. The van der Waals surface area contributed by atoms with Gasteiger partial charge in [0.15, 0.2) is 0 Å². The Bertz CT molecular complexity index is 729. The molecule has 10 heteroatoms. The van der Waals surface area contributed by atoms with Gasteiger partial charge in [0.1, 0.15) is 5.92 Å². The van der Waals surface area contributed by atoms with Crippen molar-refractivity contribution in [3.63, 3.8) is 0 Å². The van der Waals surface area contributed by atoms with Gasteiger partial charge in [0, 0.05) is 19.6 Å². The van der Waals surface area contributed by atoms with Crippen LogP contribution in [0.2, 0.25) is 0 Å². The highest BCUT2D eigenvalue weighted by atomic mass is 16.4. The van der Waals surface area contributed by atoms with Crippen LogP contribution in [-0.2, 0) is 14.4 Å². The van der Waals surface area contributed by atoms with Gasteiger partial charge >= 0.3 is 5.97 Å². The lowest BCUT2D eigenvalue weighted by Gasteiger charge is -2.31. The van der Waals surface area contributed by atoms with Gasteiger partial charge in [-0.25, -0.2) is 0 Å². The van der Waals surface area contributed by atoms with E-state index >= 15 is 0 Å². The number of allylic oxidation sites excluding steroid dienone is 1. The van der Waals surface area contributed by atoms with Crippen molar-refractivity contribution in [1.82, 2.24) is 30.9 Å². The Balaban J connectivity index is 1.50. The molecular formula is C19H28N6O4. The number of hydrogen-bond donors (Lipinski definition) is 4. The van der Waals surface area contributed by atoms with Crippen molar-refractivity contribution < 1.29 is 19.5 Å². The fourth-order valence-electron chi connectivity index (χ4n) is 3.80. The van der Waals surface area contributed by atoms with Crippen molar-refractivity contribution in [2.75, 3.05) is 32.7 Å². The first-order valence-corrected chi connectivity index (χ1v) is 10.1. The molecule has 2 amide bonds. The summed E-state index contributed by atoms with van der Waals surface area (Å²) in [5.74, 6) is -2.26. The molecule has 2 aliphatic heterocycles. The van der Waals surface area contributed by atoms with Crippen LogP contribution in [0.4, 0.5) is 0 Å². The average Bonchev–Trinajstić information content (AvgIpc) is 3.27. The topological polar surface area (TPSA) is 140 Å². The van der Waals surface area contributed by atoms with Gasteiger partial charge in [0.2, 0.25) is 11.8 Å². The van der Waals surface area contributed by atoms with Crippen LogP contribution < -0.4 is 10.6 Å². The molecule has 3 heterocycles. The number of aliphatic carboxylic acids is 1. The molecule has 0 aliphatic carbocycles. The number of carboxylic acids is 1. The molecule has 2 saturated heterocycles. The number of nitrogens with zero attached hydrogens (tertiary/aromatic N) is 3. The average molecular weight is 404 g/mol. The molecule has 0 unspecified atom stereocenters. The molecule has 1 aromatic rings. The lowest BCUT2D eigenvalue weighted by atomic mass is 9.95. The summed E-state index contributed by atoms with van der Waals surface area (Å²) in [5, 5.41) is 25.1. The lowest BCUT2D eigenvalue weighted by Crippen LogP contribution is -2.46. The first-order valence-electron chi connectivity index (χ1n) is 10.1. The predicted octanol–water partition coefficient (Wildman–Crippen LogP) is -0.116. The first-order chi connectivity index (χ1) is 14.0. The fraction of sp³-hybridized carbons (Fsp3) is 0.632. The largest absolute Gasteiger partial charge is 0.481 e. The van der Waals surface area contributed by atoms with Crippen LogP contribution in [0.5, 0.6) is 0 Å². The summed E-state index contributed by atoms with van der Waals surface area (Å²) in [7, 11) is 0. The Labute approximate surface area is 169 Å². The number of amides is 2. The maximum atomic E-state index is 12.6. The number of H-pyrrole nitrogens is 1. The highest BCUT2D eigenvalue weighted by molar-refractivity contribution is 5.88. The van der Waals surface area contributed by atoms with Crippen molar-refractivity contribution in [1.29, 1.82) is 0 Å². The zero-order valence-electron chi connectivity index (χ0n) is 16.3. The molecule has 0 aromatic carbocycles. The fourth-order valence-corrected chi connectivity index (χ4v) is 3.80. The van der Waals surface area contributed by atoms with Gasteiger partial charge in [-0.05, 0) is 50.8 Å². The number of rotatable bonds is 7. The SMILES string of the molecule is O=C(NC[C@H](C(=O)O)c1cn[nH]n1)[C@@H]1CCCN(C(=O)/C=C/C2CCNCC2)C1. The van der Waals surface area contributed by atoms with Crippen LogP contribution in [0.1, 0.15) is 37.3 Å². The maximum absolute atomic E-state index is 12.6. The highest BCUT2D eigenvalue weighted by Gasteiger charge is 2.29. The molecular weight excluding hydrogens is 376 g/mol. The third-order valence-electron chi connectivity index (χ3n) is 5.57. The van der Waals surface area contributed by atoms with E-state index in [1.54, 1.807) is 11.0 Å². The molecule has 2 aliphatic rings. The second kappa shape index (κ2) is 10.1. The number of carboxylic acid groups (broad SMARTS) is 1. The van der Waals surface area contributed by atoms with Crippen LogP contribution in [0.15, 0.2) is 18.3 Å². The van der Waals surface area contributed by atoms with E-state index < -0.39 is 11.9 Å². The second-order valence-electron chi connectivity index (χ2n) is 7.60. The van der Waals surface area contributed by atoms with Crippen LogP contribution in [0, 0.1) is 11.8 Å². The summed E-state index contributed by atoms with van der Waals surface area (Å²) >= 11 is 0. The lowest BCUT2D eigenvalue weighted by molar-refractivity contribution is -0.139. The Kier molecular flexibility index (Phi) is 7.34. The summed E-state index contributed by atoms with van der Waals surface area (Å²) < 4.78 is 0. The van der Waals surface area contributed by atoms with Gasteiger partial charge in [-0.15, -0.1) is 0 Å². The van der Waals surface area contributed by atoms with E-state index in [2.05, 4.69) is 26.0 Å². The van der Waals surface area contributed by atoms with Crippen molar-refractivity contribution in [3.8, 4) is 0 Å². The molecule has 2 atom stereocenters. The predicted molar refractivity (Wildman–Crippen MR) is 104 cm³/mol. The molecule has 1 aromatic heterocycles. The minimum absolute atomic E-state index is 0.0629. The highest BCUT2D eigenvalue weighted by Crippen LogP contribution is 2.19. The van der Waals surface area contributed by atoms with E-state index in [0.29, 0.717) is 25.4 Å². The third-order valence-corrected chi connectivity index (χ3v) is 5.57. The first kappa shape index (κ1) is 21.0. The Morgan fingerprint density at radius 1 is 1.31 bits per heavy atom. The van der Waals surface area contributed by atoms with Gasteiger partial charge in [0.05, 0.1) is 17.8 Å². The number of carbonyl (C=O) groups excluding carboxylic acids is 2. The second-order valence-corrected chi connectivity index (χ2v) is 7.60. The molecule has 0 saturated carbocycles. The number of nitrogens with one attached hydrogen (secondary N) is 3. The zero-order chi connectivity index (χ0) is 20.6. The minimum Gasteiger partial charge on any atom is -0.481 e. The van der Waals surface area contributed by atoms with E-state index in [0.717, 1.165) is 32.4 Å². The van der Waals surface area contributed by atoms with Crippen molar-refractivity contribution in [2.45, 2.75) is 31.6 Å². The summed E-state index contributed by atoms with van der Waals surface area (Å²) in [6.07, 6.45) is 8.45. The number of aromatic nitrogens is 3. The molecule has 3 rings (SSSR count). The molecule has 29 heavy (non-hydrogen) atoms. The van der Waals surface area contributed by atoms with Crippen molar-refractivity contribution in [3.05, 3.63) is 24.0 Å². The van der Waals surface area contributed by atoms with Gasteiger partial charge in [0.25, 0.3) is 0 Å². The number of aromatic amines is 1. The molecule has 0 spiro atoms. The summed E-state index contributed by atoms with van der Waals surface area (Å²) in [6.45, 7) is 2.86. The Morgan fingerprint density at radius 2 is 2.10 bits per heavy atom. The third kappa shape index (κ3) is 5.86. The molecule has 10 nitrogen and oxygen atoms in total. The van der Waals surface area contributed by atoms with E-state index in [-0.39, 0.29) is 30.0 Å². The number of likely N-dealkylation sites (tertiary alicyclic amines) is 1. The molecule has 158 valence electrons. The van der Waals surface area contributed by atoms with E-state index in [1.165, 1.54) is 6.20 Å². The summed E-state index contributed by atoms with van der Waals surface area (Å²) in [5.41, 5.74) is 0.265. The van der Waals surface area contributed by atoms with Crippen molar-refractivity contribution >= 4 is 17.8 Å². The van der Waals surface area contributed by atoms with Crippen LogP contribution >= 0.6 is 0 Å². The van der Waals surface area contributed by atoms with Gasteiger partial charge in [-0.1, -0.05) is 6.08 Å². The van der Waals surface area contributed by atoms with E-state index in [1.807, 2.05) is 6.08 Å². The summed E-state index contributed by atoms with van der Waals surface area (Å²) in [6, 6.07) is 0. The van der Waals surface area contributed by atoms with Gasteiger partial charge in [-0.3, -0.25) is 14.4 Å².